The molecular formula is C18H19NO6. The second-order valence-corrected chi connectivity index (χ2v) is 7.08. The monoisotopic (exact) mass is 345 g/mol. The highest BCUT2D eigenvalue weighted by Crippen LogP contribution is 2.57. The van der Waals surface area contributed by atoms with Crippen molar-refractivity contribution in [2.24, 2.45) is 0 Å². The number of ether oxygens (including phenoxy) is 3. The van der Waals surface area contributed by atoms with Crippen molar-refractivity contribution >= 4 is 5.97 Å². The lowest BCUT2D eigenvalue weighted by molar-refractivity contribution is -0.161. The van der Waals surface area contributed by atoms with Gasteiger partial charge in [0.1, 0.15) is 0 Å². The fourth-order valence-corrected chi connectivity index (χ4v) is 4.82. The zero-order chi connectivity index (χ0) is 17.3. The molecule has 0 amide bonds. The van der Waals surface area contributed by atoms with Gasteiger partial charge in [0.05, 0.1) is 17.6 Å². The summed E-state index contributed by atoms with van der Waals surface area (Å²) >= 11 is 0. The van der Waals surface area contributed by atoms with E-state index in [9.17, 15) is 15.0 Å². The molecule has 5 rings (SSSR count). The number of benzene rings is 1. The summed E-state index contributed by atoms with van der Waals surface area (Å²) < 4.78 is 16.6. The van der Waals surface area contributed by atoms with Crippen molar-refractivity contribution in [2.75, 3.05) is 13.3 Å². The van der Waals surface area contributed by atoms with Crippen LogP contribution in [0.2, 0.25) is 0 Å². The molecule has 0 aromatic heterocycles. The van der Waals surface area contributed by atoms with Gasteiger partial charge in [0.15, 0.2) is 17.7 Å². The molecule has 7 heteroatoms. The van der Waals surface area contributed by atoms with Crippen LogP contribution in [0, 0.1) is 0 Å². The van der Waals surface area contributed by atoms with Gasteiger partial charge in [-0.15, -0.1) is 0 Å². The van der Waals surface area contributed by atoms with Crippen LogP contribution < -0.4 is 9.47 Å². The Balaban J connectivity index is 1.76. The third-order valence-corrected chi connectivity index (χ3v) is 5.80. The number of esters is 1. The molecule has 3 aliphatic heterocycles. The molecule has 132 valence electrons. The maximum absolute atomic E-state index is 11.7. The number of nitrogens with zero attached hydrogens (tertiary/aromatic N) is 1. The number of rotatable bonds is 1. The molecule has 6 atom stereocenters. The molecule has 0 radical (unpaired) electrons. The van der Waals surface area contributed by atoms with Gasteiger partial charge in [-0.3, -0.25) is 9.69 Å². The van der Waals surface area contributed by atoms with Crippen LogP contribution in [0.5, 0.6) is 11.5 Å². The van der Waals surface area contributed by atoms with Crippen LogP contribution in [0.3, 0.4) is 0 Å². The van der Waals surface area contributed by atoms with Crippen molar-refractivity contribution in [2.45, 2.75) is 43.2 Å². The largest absolute Gasteiger partial charge is 0.454 e. The van der Waals surface area contributed by atoms with Gasteiger partial charge in [0.25, 0.3) is 0 Å². The molecule has 7 nitrogen and oxygen atoms in total. The molecule has 1 saturated heterocycles. The van der Waals surface area contributed by atoms with Crippen LogP contribution in [0.1, 0.15) is 30.7 Å². The van der Waals surface area contributed by atoms with Crippen molar-refractivity contribution < 1.29 is 29.2 Å². The summed E-state index contributed by atoms with van der Waals surface area (Å²) in [5.74, 6) is 0.843. The van der Waals surface area contributed by atoms with Crippen LogP contribution in [0.4, 0.5) is 0 Å². The first-order valence-electron chi connectivity index (χ1n) is 8.43. The molecule has 1 aliphatic carbocycles. The highest BCUT2D eigenvalue weighted by molar-refractivity contribution is 5.67. The maximum Gasteiger partial charge on any atom is 0.304 e. The lowest BCUT2D eigenvalue weighted by atomic mass is 9.65. The summed E-state index contributed by atoms with van der Waals surface area (Å²) in [4.78, 5) is 13.7. The molecule has 1 aromatic rings. The molecule has 1 aromatic carbocycles. The Bertz CT molecular complexity index is 792. The zero-order valence-electron chi connectivity index (χ0n) is 13.7. The summed E-state index contributed by atoms with van der Waals surface area (Å²) in [5.41, 5.74) is 1.03. The average Bonchev–Trinajstić information content (AvgIpc) is 3.11. The highest BCUT2D eigenvalue weighted by atomic mass is 16.7. The first kappa shape index (κ1) is 15.2. The first-order valence-corrected chi connectivity index (χ1v) is 8.43. The van der Waals surface area contributed by atoms with Gasteiger partial charge in [-0.25, -0.2) is 0 Å². The van der Waals surface area contributed by atoms with E-state index in [2.05, 4.69) is 0 Å². The maximum atomic E-state index is 11.7. The number of carbonyl (C=O) groups is 1. The van der Waals surface area contributed by atoms with Gasteiger partial charge in [-0.2, -0.15) is 0 Å². The fourth-order valence-electron chi connectivity index (χ4n) is 4.82. The van der Waals surface area contributed by atoms with Gasteiger partial charge < -0.3 is 24.4 Å². The molecule has 25 heavy (non-hydrogen) atoms. The van der Waals surface area contributed by atoms with Crippen molar-refractivity contribution in [1.29, 1.82) is 0 Å². The van der Waals surface area contributed by atoms with Gasteiger partial charge in [0, 0.05) is 25.1 Å². The average molecular weight is 345 g/mol. The SMILES string of the molecule is CC(=O)O[C@H]1c2cc3c(cc2[C@@]24C=C[C@H](O)C[C@@H]2N1C[C@H]4O)OCO3. The van der Waals surface area contributed by atoms with E-state index in [0.717, 1.165) is 11.1 Å². The van der Waals surface area contributed by atoms with Crippen molar-refractivity contribution in [3.63, 3.8) is 0 Å². The van der Waals surface area contributed by atoms with E-state index < -0.39 is 29.8 Å². The molecule has 4 aliphatic rings. The normalized spacial score (nSPS) is 39.7. The van der Waals surface area contributed by atoms with Crippen LogP contribution >= 0.6 is 0 Å². The number of hydrogen-bond donors (Lipinski definition) is 2. The molecular weight excluding hydrogens is 326 g/mol. The topological polar surface area (TPSA) is 88.5 Å². The summed E-state index contributed by atoms with van der Waals surface area (Å²) in [6, 6.07) is 3.57. The predicted octanol–water partition coefficient (Wildman–Crippen LogP) is 0.594. The Labute approximate surface area is 144 Å². The molecule has 1 fully saturated rings. The second kappa shape index (κ2) is 4.97. The van der Waals surface area contributed by atoms with Gasteiger partial charge in [0.2, 0.25) is 6.79 Å². The van der Waals surface area contributed by atoms with Crippen LogP contribution in [0.25, 0.3) is 0 Å². The smallest absolute Gasteiger partial charge is 0.304 e. The van der Waals surface area contributed by atoms with Gasteiger partial charge >= 0.3 is 5.97 Å². The fraction of sp³-hybridized carbons (Fsp3) is 0.500. The van der Waals surface area contributed by atoms with Gasteiger partial charge in [-0.05, 0) is 24.1 Å². The Kier molecular flexibility index (Phi) is 3.02. The van der Waals surface area contributed by atoms with E-state index in [0.29, 0.717) is 24.5 Å². The van der Waals surface area contributed by atoms with Crippen LogP contribution in [-0.2, 0) is 14.9 Å². The lowest BCUT2D eigenvalue weighted by Crippen LogP contribution is -2.53. The Morgan fingerprint density at radius 1 is 1.32 bits per heavy atom. The Hall–Kier alpha value is -2.09. The second-order valence-electron chi connectivity index (χ2n) is 7.08. The van der Waals surface area contributed by atoms with E-state index >= 15 is 0 Å². The minimum atomic E-state index is -0.666. The van der Waals surface area contributed by atoms with Crippen molar-refractivity contribution in [1.82, 2.24) is 4.90 Å². The van der Waals surface area contributed by atoms with Crippen LogP contribution in [-0.4, -0.2) is 52.7 Å². The van der Waals surface area contributed by atoms with Crippen molar-refractivity contribution in [3.05, 3.63) is 35.4 Å². The molecule has 2 N–H and O–H groups in total. The Morgan fingerprint density at radius 2 is 2.08 bits per heavy atom. The van der Waals surface area contributed by atoms with E-state index in [1.807, 2.05) is 23.1 Å². The van der Waals surface area contributed by atoms with Crippen LogP contribution in [0.15, 0.2) is 24.3 Å². The molecule has 3 heterocycles. The minimum absolute atomic E-state index is 0.147. The molecule has 2 bridgehead atoms. The molecule has 0 saturated carbocycles. The Morgan fingerprint density at radius 3 is 2.84 bits per heavy atom. The third-order valence-electron chi connectivity index (χ3n) is 5.80. The number of aliphatic hydroxyl groups is 2. The molecule has 0 spiro atoms. The quantitative estimate of drug-likeness (QED) is 0.569. The number of carbonyl (C=O) groups excluding carboxylic acids is 1. The predicted molar refractivity (Wildman–Crippen MR) is 85.0 cm³/mol. The summed E-state index contributed by atoms with van der Waals surface area (Å²) in [6.07, 6.45) is 2.25. The number of aliphatic hydroxyl groups excluding tert-OH is 2. The highest BCUT2D eigenvalue weighted by Gasteiger charge is 2.62. The number of fused-ring (bicyclic) bond motifs is 2. The van der Waals surface area contributed by atoms with E-state index in [-0.39, 0.29) is 12.8 Å². The minimum Gasteiger partial charge on any atom is -0.454 e. The standard InChI is InChI=1S/C18H19NO6/c1-9(20)25-17-11-5-13-14(24-8-23-13)6-12(11)18-3-2-10(21)4-15(18)19(17)7-16(18)22/h2-3,5-6,10,15-17,21-22H,4,7-8H2,1H3/t10-,15-,16+,17-,18-/m0/s1. The summed E-state index contributed by atoms with van der Waals surface area (Å²) in [5, 5.41) is 21.0. The lowest BCUT2D eigenvalue weighted by Gasteiger charge is -2.48. The van der Waals surface area contributed by atoms with E-state index in [1.54, 1.807) is 6.08 Å². The molecule has 1 unspecified atom stereocenters. The number of hydrogen-bond acceptors (Lipinski definition) is 7. The first-order chi connectivity index (χ1) is 12.0. The summed E-state index contributed by atoms with van der Waals surface area (Å²) in [7, 11) is 0. The zero-order valence-corrected chi connectivity index (χ0v) is 13.7. The van der Waals surface area contributed by atoms with Crippen molar-refractivity contribution in [3.8, 4) is 11.5 Å². The van der Waals surface area contributed by atoms with Gasteiger partial charge in [-0.1, -0.05) is 12.2 Å². The van der Waals surface area contributed by atoms with E-state index in [4.69, 9.17) is 14.2 Å². The van der Waals surface area contributed by atoms with E-state index in [1.165, 1.54) is 6.92 Å². The summed E-state index contributed by atoms with van der Waals surface area (Å²) in [6.45, 7) is 1.88. The third kappa shape index (κ3) is 1.88.